The fourth-order valence-electron chi connectivity index (χ4n) is 20.0. The van der Waals surface area contributed by atoms with Gasteiger partial charge < -0.3 is 31.4 Å². The fourth-order valence-corrected chi connectivity index (χ4v) is 20.0. The maximum Gasteiger partial charge on any atom is 0.344 e. The van der Waals surface area contributed by atoms with Gasteiger partial charge in [-0.3, -0.25) is 0 Å². The SMILES string of the molecule is O=c1oc2c(-c3ccc4c(c3)c3ccccc3n4-c3ccccc3)cccc2c2ccccc12.O=c1oc2cc(-c3ccc4c(c3)c3ccccc3n4-c3ccccc3)ccc2c2ccc(-c3cc(-c4ccccc4)cc(-c4ccccc4)c3)cc12.O=c1oc2cc(-c3ccc4c5ccccc5n(-c5ccccc5)c4c3)ccc2c2ccc(-c3ccc4oc5ccccc5c4c3)cc12. The molecule has 624 valence electrons. The van der Waals surface area contributed by atoms with E-state index in [1.165, 1.54) is 38.0 Å². The number of aromatic nitrogens is 3. The molecule has 27 aromatic rings. The molecule has 0 bridgehead atoms. The third-order valence-electron chi connectivity index (χ3n) is 26.3. The first-order chi connectivity index (χ1) is 65.7. The van der Waals surface area contributed by atoms with Gasteiger partial charge in [-0.15, -0.1) is 0 Å². The predicted octanol–water partition coefficient (Wildman–Crippen LogP) is 31.7. The van der Waals surface area contributed by atoms with E-state index in [4.69, 9.17) is 17.7 Å². The van der Waals surface area contributed by atoms with Gasteiger partial charge in [0.25, 0.3) is 0 Å². The third-order valence-corrected chi connectivity index (χ3v) is 26.3. The fraction of sp³-hybridized carbons (Fsp3) is 0. The van der Waals surface area contributed by atoms with Crippen LogP contribution < -0.4 is 16.9 Å². The molecular weight excluding hydrogens is 1630 g/mol. The summed E-state index contributed by atoms with van der Waals surface area (Å²) in [5, 5.41) is 16.4. The number of fused-ring (bicyclic) bond motifs is 21. The van der Waals surface area contributed by atoms with E-state index in [2.05, 4.69) is 335 Å². The van der Waals surface area contributed by atoms with Crippen molar-refractivity contribution in [3.8, 4) is 95.0 Å². The summed E-state index contributed by atoms with van der Waals surface area (Å²) in [4.78, 5) is 39.9. The Balaban J connectivity index is 0.000000109. The van der Waals surface area contributed by atoms with Crippen molar-refractivity contribution in [2.24, 2.45) is 0 Å². The zero-order valence-corrected chi connectivity index (χ0v) is 71.5. The Morgan fingerprint density at radius 3 is 0.970 bits per heavy atom. The van der Waals surface area contributed by atoms with Crippen molar-refractivity contribution < 1.29 is 17.7 Å². The smallest absolute Gasteiger partial charge is 0.344 e. The summed E-state index contributed by atoms with van der Waals surface area (Å²) >= 11 is 0. The van der Waals surface area contributed by atoms with Crippen LogP contribution in [0.4, 0.5) is 0 Å². The molecule has 0 spiro atoms. The van der Waals surface area contributed by atoms with Crippen LogP contribution in [0.25, 0.3) is 248 Å². The molecule has 0 atom stereocenters. The summed E-state index contributed by atoms with van der Waals surface area (Å²) in [5.74, 6) is 0. The molecule has 7 aromatic heterocycles. The zero-order chi connectivity index (χ0) is 88.3. The maximum absolute atomic E-state index is 13.7. The van der Waals surface area contributed by atoms with E-state index in [1.54, 1.807) is 0 Å². The summed E-state index contributed by atoms with van der Waals surface area (Å²) in [6.45, 7) is 0. The molecule has 0 saturated carbocycles. The lowest BCUT2D eigenvalue weighted by molar-refractivity contribution is 0.569. The molecule has 10 heteroatoms. The first-order valence-corrected chi connectivity index (χ1v) is 44.6. The minimum Gasteiger partial charge on any atom is -0.456 e. The van der Waals surface area contributed by atoms with Crippen LogP contribution >= 0.6 is 0 Å². The third kappa shape index (κ3) is 13.4. The molecule has 133 heavy (non-hydrogen) atoms. The molecule has 0 radical (unpaired) electrons. The number of hydrogen-bond acceptors (Lipinski definition) is 7. The monoisotopic (exact) mass is 1710 g/mol. The van der Waals surface area contributed by atoms with Crippen LogP contribution in [0.5, 0.6) is 0 Å². The van der Waals surface area contributed by atoms with Gasteiger partial charge in [0.15, 0.2) is 0 Å². The Kier molecular flexibility index (Phi) is 18.5. The Hall–Kier alpha value is -18.0. The number of hydrogen-bond donors (Lipinski definition) is 0. The van der Waals surface area contributed by atoms with E-state index < -0.39 is 0 Å². The molecule has 0 saturated heterocycles. The molecule has 0 amide bonds. The number of nitrogens with zero attached hydrogens (tertiary/aromatic N) is 3. The highest BCUT2D eigenvalue weighted by molar-refractivity contribution is 6.17. The number of furan rings is 1. The number of benzene rings is 20. The second kappa shape index (κ2) is 31.8. The second-order valence-corrected chi connectivity index (χ2v) is 33.9. The standard InChI is InChI=1S/C49H31NO2.C43H25NO3.C31H19NO2/c51-49-45-30-35(39-27-37(32-12-4-1-5-13-32)26-38(28-39)33-14-6-2-7-15-33)20-23-41(45)43-24-21-36(31-48(43)52-49)34-22-25-47-44(29-34)42-18-10-11-19-46(42)50(47)40-16-8-3-9-17-40;45-43-37-23-26(27-17-21-41-36(22-27)34-11-5-7-13-40(34)46-41)14-18-31(37)35-20-16-29(25-42(35)47-43)28-15-19-33-32-10-4-6-12-38(32)44(39(33)24-28)30-8-2-1-3-9-30;33-31-26-13-5-4-11-23(26)25-15-8-14-22(30(25)34-31)20-17-18-29-27(19-20)24-12-6-7-16-28(24)32(29)21-9-2-1-3-10-21/h1-31H;1-25H;1-19H. The van der Waals surface area contributed by atoms with Gasteiger partial charge in [0.05, 0.1) is 49.3 Å². The average Bonchev–Trinajstić information content (AvgIpc) is 1.72. The van der Waals surface area contributed by atoms with Gasteiger partial charge in [0.2, 0.25) is 0 Å². The number of rotatable bonds is 10. The van der Waals surface area contributed by atoms with Crippen LogP contribution in [0, 0.1) is 0 Å². The molecule has 0 fully saturated rings. The van der Waals surface area contributed by atoms with E-state index in [0.717, 1.165) is 177 Å². The van der Waals surface area contributed by atoms with Gasteiger partial charge in [-0.05, 0) is 252 Å². The van der Waals surface area contributed by atoms with Crippen molar-refractivity contribution in [3.63, 3.8) is 0 Å². The lowest BCUT2D eigenvalue weighted by Crippen LogP contribution is -2.00. The quantitative estimate of drug-likeness (QED) is 0.0988. The number of para-hydroxylation sites is 8. The van der Waals surface area contributed by atoms with Crippen molar-refractivity contribution >= 4 is 153 Å². The van der Waals surface area contributed by atoms with Crippen molar-refractivity contribution in [2.45, 2.75) is 0 Å². The Bertz CT molecular complexity index is 9540. The normalized spacial score (nSPS) is 11.7. The lowest BCUT2D eigenvalue weighted by Gasteiger charge is -2.12. The highest BCUT2D eigenvalue weighted by atomic mass is 16.4. The van der Waals surface area contributed by atoms with Crippen LogP contribution in [-0.2, 0) is 0 Å². The first-order valence-electron chi connectivity index (χ1n) is 44.6. The van der Waals surface area contributed by atoms with E-state index >= 15 is 0 Å². The molecule has 0 aliphatic carbocycles. The highest BCUT2D eigenvalue weighted by Gasteiger charge is 2.23. The summed E-state index contributed by atoms with van der Waals surface area (Å²) in [6, 6.07) is 156. The van der Waals surface area contributed by atoms with Gasteiger partial charge in [-0.25, -0.2) is 14.4 Å². The van der Waals surface area contributed by atoms with Crippen molar-refractivity contribution in [1.82, 2.24) is 13.7 Å². The zero-order valence-electron chi connectivity index (χ0n) is 71.5. The van der Waals surface area contributed by atoms with E-state index in [-0.39, 0.29) is 16.9 Å². The van der Waals surface area contributed by atoms with Gasteiger partial charge in [0.1, 0.15) is 27.9 Å². The molecular formula is C123H75N3O7. The second-order valence-electron chi connectivity index (χ2n) is 33.9. The molecule has 0 aliphatic rings. The average molecular weight is 1710 g/mol. The van der Waals surface area contributed by atoms with Gasteiger partial charge in [0, 0.05) is 81.9 Å². The first kappa shape index (κ1) is 77.4. The summed E-state index contributed by atoms with van der Waals surface area (Å²) in [5.41, 5.74) is 27.3. The van der Waals surface area contributed by atoms with E-state index in [1.807, 2.05) is 133 Å². The molecule has 0 N–H and O–H groups in total. The lowest BCUT2D eigenvalue weighted by atomic mass is 9.92. The van der Waals surface area contributed by atoms with E-state index in [9.17, 15) is 14.4 Å². The van der Waals surface area contributed by atoms with Crippen LogP contribution in [-0.4, -0.2) is 13.7 Å². The van der Waals surface area contributed by atoms with Crippen LogP contribution in [0.3, 0.4) is 0 Å². The Labute approximate surface area is 760 Å². The van der Waals surface area contributed by atoms with Crippen LogP contribution in [0.2, 0.25) is 0 Å². The molecule has 7 heterocycles. The summed E-state index contributed by atoms with van der Waals surface area (Å²) in [6.07, 6.45) is 0. The minimum absolute atomic E-state index is 0.308. The minimum atomic E-state index is -0.346. The molecule has 20 aromatic carbocycles. The van der Waals surface area contributed by atoms with Gasteiger partial charge >= 0.3 is 16.9 Å². The largest absolute Gasteiger partial charge is 0.456 e. The molecule has 0 unspecified atom stereocenters. The summed E-state index contributed by atoms with van der Waals surface area (Å²) in [7, 11) is 0. The molecule has 27 rings (SSSR count). The van der Waals surface area contributed by atoms with Crippen molar-refractivity contribution in [1.29, 1.82) is 0 Å². The van der Waals surface area contributed by atoms with E-state index in [0.29, 0.717) is 32.9 Å². The van der Waals surface area contributed by atoms with Crippen LogP contribution in [0.15, 0.2) is 487 Å². The predicted molar refractivity (Wildman–Crippen MR) is 548 cm³/mol. The molecule has 0 aliphatic heterocycles. The Morgan fingerprint density at radius 1 is 0.143 bits per heavy atom. The highest BCUT2D eigenvalue weighted by Crippen LogP contribution is 2.44. The van der Waals surface area contributed by atoms with Gasteiger partial charge in [-0.2, -0.15) is 0 Å². The molecule has 10 nitrogen and oxygen atoms in total. The van der Waals surface area contributed by atoms with Gasteiger partial charge in [-0.1, -0.05) is 291 Å². The maximum atomic E-state index is 13.7. The van der Waals surface area contributed by atoms with Crippen molar-refractivity contribution in [3.05, 3.63) is 486 Å². The summed E-state index contributed by atoms with van der Waals surface area (Å²) < 4.78 is 30.9. The van der Waals surface area contributed by atoms with Crippen LogP contribution in [0.1, 0.15) is 0 Å². The Morgan fingerprint density at radius 2 is 0.451 bits per heavy atom. The van der Waals surface area contributed by atoms with Crippen molar-refractivity contribution in [2.75, 3.05) is 0 Å². The topological polar surface area (TPSA) is 119 Å².